The van der Waals surface area contributed by atoms with E-state index in [0.29, 0.717) is 0 Å². The van der Waals surface area contributed by atoms with Crippen molar-refractivity contribution in [2.24, 2.45) is 0 Å². The number of likely N-dealkylation sites (N-methyl/N-ethyl adjacent to an activating group) is 1. The van der Waals surface area contributed by atoms with Crippen LogP contribution in [0.1, 0.15) is 16.7 Å². The van der Waals surface area contributed by atoms with Crippen molar-refractivity contribution in [1.29, 1.82) is 0 Å². The Morgan fingerprint density at radius 2 is 1.55 bits per heavy atom. The Kier molecular flexibility index (Phi) is 5.19. The van der Waals surface area contributed by atoms with E-state index in [1.165, 1.54) is 22.4 Å². The molecule has 0 radical (unpaired) electrons. The molecule has 0 spiro atoms. The molecule has 0 fully saturated rings. The molecule has 2 heteroatoms. The molecule has 0 saturated carbocycles. The molecule has 0 aliphatic carbocycles. The van der Waals surface area contributed by atoms with Crippen LogP contribution in [-0.4, -0.2) is 25.0 Å². The van der Waals surface area contributed by atoms with Crippen molar-refractivity contribution in [3.05, 3.63) is 65.2 Å². The predicted molar refractivity (Wildman–Crippen MR) is 87.2 cm³/mol. The van der Waals surface area contributed by atoms with Crippen molar-refractivity contribution in [1.82, 2.24) is 4.90 Å². The van der Waals surface area contributed by atoms with Gasteiger partial charge >= 0.3 is 0 Å². The van der Waals surface area contributed by atoms with Gasteiger partial charge in [-0.1, -0.05) is 42.5 Å². The second kappa shape index (κ2) is 7.11. The van der Waals surface area contributed by atoms with Gasteiger partial charge in [0.1, 0.15) is 0 Å². The van der Waals surface area contributed by atoms with Crippen molar-refractivity contribution < 1.29 is 0 Å². The van der Waals surface area contributed by atoms with Gasteiger partial charge in [0.15, 0.2) is 0 Å². The number of benzene rings is 2. The molecule has 2 aromatic rings. The van der Waals surface area contributed by atoms with Gasteiger partial charge in [0.05, 0.1) is 0 Å². The maximum absolute atomic E-state index is 3.50. The van der Waals surface area contributed by atoms with Crippen LogP contribution in [0.4, 0.5) is 5.69 Å². The van der Waals surface area contributed by atoms with Gasteiger partial charge in [0.25, 0.3) is 0 Å². The number of aryl methyl sites for hydroxylation is 2. The number of rotatable bonds is 6. The average molecular weight is 268 g/mol. The van der Waals surface area contributed by atoms with Crippen LogP contribution in [0.5, 0.6) is 0 Å². The maximum Gasteiger partial charge on any atom is 0.0370 e. The first-order valence-corrected chi connectivity index (χ1v) is 7.19. The summed E-state index contributed by atoms with van der Waals surface area (Å²) < 4.78 is 0. The first-order valence-electron chi connectivity index (χ1n) is 7.19. The average Bonchev–Trinajstić information content (AvgIpc) is 2.43. The number of hydrogen-bond donors (Lipinski definition) is 1. The van der Waals surface area contributed by atoms with Gasteiger partial charge in [0, 0.05) is 25.3 Å². The third kappa shape index (κ3) is 4.10. The molecule has 2 nitrogen and oxygen atoms in total. The number of hydrogen-bond acceptors (Lipinski definition) is 2. The smallest absolute Gasteiger partial charge is 0.0370 e. The molecule has 0 aliphatic rings. The van der Waals surface area contributed by atoms with E-state index < -0.39 is 0 Å². The summed E-state index contributed by atoms with van der Waals surface area (Å²) in [6.45, 7) is 7.31. The summed E-state index contributed by atoms with van der Waals surface area (Å²) >= 11 is 0. The van der Waals surface area contributed by atoms with Crippen molar-refractivity contribution >= 4 is 5.69 Å². The highest BCUT2D eigenvalue weighted by atomic mass is 15.1. The van der Waals surface area contributed by atoms with E-state index in [-0.39, 0.29) is 0 Å². The van der Waals surface area contributed by atoms with Gasteiger partial charge < -0.3 is 10.2 Å². The summed E-state index contributed by atoms with van der Waals surface area (Å²) in [4.78, 5) is 2.35. The standard InChI is InChI=1S/C18H24N2/c1-15-8-4-6-10-17(15)14-20(3)13-12-19-18-11-7-5-9-16(18)2/h4-11,19H,12-14H2,1-3H3. The van der Waals surface area contributed by atoms with Crippen LogP contribution in [-0.2, 0) is 6.54 Å². The van der Waals surface area contributed by atoms with Crippen LogP contribution in [0.2, 0.25) is 0 Å². The van der Waals surface area contributed by atoms with E-state index in [1.807, 2.05) is 0 Å². The molecule has 0 heterocycles. The minimum atomic E-state index is 0.966. The third-order valence-corrected chi connectivity index (χ3v) is 3.66. The highest BCUT2D eigenvalue weighted by molar-refractivity contribution is 5.50. The van der Waals surface area contributed by atoms with Gasteiger partial charge in [-0.15, -0.1) is 0 Å². The number of para-hydroxylation sites is 1. The second-order valence-corrected chi connectivity index (χ2v) is 5.41. The molecule has 0 atom stereocenters. The molecule has 2 aromatic carbocycles. The van der Waals surface area contributed by atoms with Crippen LogP contribution < -0.4 is 5.32 Å². The summed E-state index contributed by atoms with van der Waals surface area (Å²) in [7, 11) is 2.17. The zero-order valence-corrected chi connectivity index (χ0v) is 12.7. The third-order valence-electron chi connectivity index (χ3n) is 3.66. The summed E-state index contributed by atoms with van der Waals surface area (Å²) in [6, 6.07) is 17.0. The van der Waals surface area contributed by atoms with E-state index in [1.54, 1.807) is 0 Å². The SMILES string of the molecule is Cc1ccccc1CN(C)CCNc1ccccc1C. The molecular formula is C18H24N2. The summed E-state index contributed by atoms with van der Waals surface area (Å²) in [5.41, 5.74) is 5.31. The zero-order valence-electron chi connectivity index (χ0n) is 12.7. The Morgan fingerprint density at radius 1 is 0.900 bits per heavy atom. The molecular weight excluding hydrogens is 244 g/mol. The lowest BCUT2D eigenvalue weighted by Crippen LogP contribution is -2.25. The lowest BCUT2D eigenvalue weighted by Gasteiger charge is -2.19. The summed E-state index contributed by atoms with van der Waals surface area (Å²) in [6.07, 6.45) is 0. The van der Waals surface area contributed by atoms with E-state index in [4.69, 9.17) is 0 Å². The van der Waals surface area contributed by atoms with Crippen molar-refractivity contribution in [2.45, 2.75) is 20.4 Å². The summed E-state index contributed by atoms with van der Waals surface area (Å²) in [5, 5.41) is 3.50. The Balaban J connectivity index is 1.80. The molecule has 1 N–H and O–H groups in total. The number of nitrogens with one attached hydrogen (secondary N) is 1. The second-order valence-electron chi connectivity index (χ2n) is 5.41. The van der Waals surface area contributed by atoms with Crippen LogP contribution in [0.3, 0.4) is 0 Å². The molecule has 2 rings (SSSR count). The van der Waals surface area contributed by atoms with E-state index >= 15 is 0 Å². The number of anilines is 1. The molecule has 106 valence electrons. The Labute approximate surface area is 122 Å². The van der Waals surface area contributed by atoms with Crippen molar-refractivity contribution in [2.75, 3.05) is 25.5 Å². The fourth-order valence-electron chi connectivity index (χ4n) is 2.31. The quantitative estimate of drug-likeness (QED) is 0.856. The van der Waals surface area contributed by atoms with Gasteiger partial charge in [-0.25, -0.2) is 0 Å². The fraction of sp³-hybridized carbons (Fsp3) is 0.333. The Bertz CT molecular complexity index is 549. The summed E-state index contributed by atoms with van der Waals surface area (Å²) in [5.74, 6) is 0. The molecule has 0 aliphatic heterocycles. The minimum absolute atomic E-state index is 0.966. The zero-order chi connectivity index (χ0) is 14.4. The van der Waals surface area contributed by atoms with E-state index in [2.05, 4.69) is 79.6 Å². The topological polar surface area (TPSA) is 15.3 Å². The molecule has 0 unspecified atom stereocenters. The Morgan fingerprint density at radius 3 is 2.25 bits per heavy atom. The van der Waals surface area contributed by atoms with Crippen molar-refractivity contribution in [3.63, 3.8) is 0 Å². The van der Waals surface area contributed by atoms with E-state index in [9.17, 15) is 0 Å². The first-order chi connectivity index (χ1) is 9.66. The normalized spacial score (nSPS) is 10.8. The lowest BCUT2D eigenvalue weighted by molar-refractivity contribution is 0.339. The lowest BCUT2D eigenvalue weighted by atomic mass is 10.1. The Hall–Kier alpha value is -1.80. The minimum Gasteiger partial charge on any atom is -0.384 e. The largest absolute Gasteiger partial charge is 0.384 e. The highest BCUT2D eigenvalue weighted by Gasteiger charge is 2.03. The monoisotopic (exact) mass is 268 g/mol. The van der Waals surface area contributed by atoms with Crippen LogP contribution >= 0.6 is 0 Å². The van der Waals surface area contributed by atoms with Gasteiger partial charge in [-0.05, 0) is 43.7 Å². The van der Waals surface area contributed by atoms with Crippen molar-refractivity contribution in [3.8, 4) is 0 Å². The molecule has 0 amide bonds. The van der Waals surface area contributed by atoms with Crippen LogP contribution in [0.15, 0.2) is 48.5 Å². The highest BCUT2D eigenvalue weighted by Crippen LogP contribution is 2.13. The van der Waals surface area contributed by atoms with Gasteiger partial charge in [-0.3, -0.25) is 0 Å². The maximum atomic E-state index is 3.50. The fourth-order valence-corrected chi connectivity index (χ4v) is 2.31. The molecule has 0 aromatic heterocycles. The first kappa shape index (κ1) is 14.6. The van der Waals surface area contributed by atoms with Gasteiger partial charge in [0.2, 0.25) is 0 Å². The molecule has 0 bridgehead atoms. The van der Waals surface area contributed by atoms with Crippen LogP contribution in [0, 0.1) is 13.8 Å². The van der Waals surface area contributed by atoms with E-state index in [0.717, 1.165) is 19.6 Å². The number of nitrogens with zero attached hydrogens (tertiary/aromatic N) is 1. The molecule has 20 heavy (non-hydrogen) atoms. The van der Waals surface area contributed by atoms with Crippen LogP contribution in [0.25, 0.3) is 0 Å². The van der Waals surface area contributed by atoms with Gasteiger partial charge in [-0.2, -0.15) is 0 Å². The predicted octanol–water partition coefficient (Wildman–Crippen LogP) is 3.85. The molecule has 0 saturated heterocycles.